The molecule has 1 fully saturated rings. The van der Waals surface area contributed by atoms with Crippen LogP contribution in [0, 0.1) is 5.92 Å². The molecule has 1 aliphatic rings. The smallest absolute Gasteiger partial charge is 0.119 e. The maximum absolute atomic E-state index is 5.33. The summed E-state index contributed by atoms with van der Waals surface area (Å²) >= 11 is 0. The minimum atomic E-state index is 0. The normalized spacial score (nSPS) is 16.3. The monoisotopic (exact) mass is 326 g/mol. The maximum Gasteiger partial charge on any atom is 0.119 e. The molecule has 3 nitrogen and oxygen atoms in total. The number of methoxy groups -OCH3 is 1. The van der Waals surface area contributed by atoms with Gasteiger partial charge >= 0.3 is 0 Å². The van der Waals surface area contributed by atoms with Gasteiger partial charge in [0, 0.05) is 6.54 Å². The molecule has 1 aromatic rings. The van der Waals surface area contributed by atoms with Crippen LogP contribution in [0.4, 0.5) is 0 Å². The molecule has 126 valence electrons. The van der Waals surface area contributed by atoms with Gasteiger partial charge in [-0.05, 0) is 81.5 Å². The van der Waals surface area contributed by atoms with Crippen molar-refractivity contribution in [3.63, 3.8) is 0 Å². The van der Waals surface area contributed by atoms with Crippen LogP contribution in [0.15, 0.2) is 18.2 Å². The van der Waals surface area contributed by atoms with Crippen molar-refractivity contribution in [1.82, 2.24) is 10.2 Å². The molecule has 0 amide bonds. The molecule has 0 atom stereocenters. The van der Waals surface area contributed by atoms with Gasteiger partial charge in [0.15, 0.2) is 0 Å². The first-order chi connectivity index (χ1) is 10.3. The van der Waals surface area contributed by atoms with E-state index >= 15 is 0 Å². The summed E-state index contributed by atoms with van der Waals surface area (Å²) in [5.74, 6) is 1.89. The largest absolute Gasteiger partial charge is 0.497 e. The number of rotatable bonds is 7. The topological polar surface area (TPSA) is 24.5 Å². The zero-order chi connectivity index (χ0) is 15.1. The number of ether oxygens (including phenoxy) is 1. The van der Waals surface area contributed by atoms with Crippen LogP contribution in [-0.4, -0.2) is 38.7 Å². The van der Waals surface area contributed by atoms with Crippen LogP contribution in [-0.2, 0) is 13.0 Å². The molecule has 1 aliphatic heterocycles. The molecular formula is C18H31ClN2O. The molecule has 2 rings (SSSR count). The Labute approximate surface area is 141 Å². The quantitative estimate of drug-likeness (QED) is 0.830. The lowest BCUT2D eigenvalue weighted by molar-refractivity contribution is 0.172. The highest BCUT2D eigenvalue weighted by molar-refractivity contribution is 5.85. The number of piperidine rings is 1. The number of hydrogen-bond acceptors (Lipinski definition) is 3. The molecule has 4 heteroatoms. The van der Waals surface area contributed by atoms with E-state index in [2.05, 4.69) is 35.3 Å². The molecule has 0 aliphatic carbocycles. The van der Waals surface area contributed by atoms with Crippen LogP contribution in [0.1, 0.15) is 37.3 Å². The first-order valence-electron chi connectivity index (χ1n) is 8.29. The summed E-state index contributed by atoms with van der Waals surface area (Å²) in [6.45, 7) is 6.95. The van der Waals surface area contributed by atoms with Crippen molar-refractivity contribution < 1.29 is 4.74 Å². The molecule has 0 bridgehead atoms. The summed E-state index contributed by atoms with van der Waals surface area (Å²) in [6.07, 6.45) is 5.09. The fourth-order valence-electron chi connectivity index (χ4n) is 3.24. The Hall–Kier alpha value is -0.770. The van der Waals surface area contributed by atoms with E-state index in [0.717, 1.165) is 31.2 Å². The lowest BCUT2D eigenvalue weighted by Crippen LogP contribution is -2.34. The molecule has 22 heavy (non-hydrogen) atoms. The number of likely N-dealkylation sites (tertiary alicyclic amines) is 1. The van der Waals surface area contributed by atoms with Gasteiger partial charge in [-0.15, -0.1) is 12.4 Å². The summed E-state index contributed by atoms with van der Waals surface area (Å²) in [5, 5.41) is 3.27. The SMILES string of the molecule is CCc1cc(OC)ccc1CN1CCC(CCNC)CC1.Cl. The summed E-state index contributed by atoms with van der Waals surface area (Å²) in [5.41, 5.74) is 2.89. The van der Waals surface area contributed by atoms with E-state index in [4.69, 9.17) is 4.74 Å². The summed E-state index contributed by atoms with van der Waals surface area (Å²) in [6, 6.07) is 6.52. The van der Waals surface area contributed by atoms with Crippen molar-refractivity contribution >= 4 is 12.4 Å². The van der Waals surface area contributed by atoms with E-state index in [9.17, 15) is 0 Å². The Kier molecular flexibility index (Phi) is 8.84. The van der Waals surface area contributed by atoms with Gasteiger partial charge in [0.25, 0.3) is 0 Å². The van der Waals surface area contributed by atoms with Crippen LogP contribution >= 0.6 is 12.4 Å². The predicted molar refractivity (Wildman–Crippen MR) is 96.2 cm³/mol. The van der Waals surface area contributed by atoms with E-state index in [1.165, 1.54) is 43.5 Å². The summed E-state index contributed by atoms with van der Waals surface area (Å²) < 4.78 is 5.33. The average molecular weight is 327 g/mol. The molecule has 0 aromatic heterocycles. The second kappa shape index (κ2) is 10.1. The first kappa shape index (κ1) is 19.3. The van der Waals surface area contributed by atoms with Gasteiger partial charge in [-0.3, -0.25) is 4.90 Å². The standard InChI is InChI=1S/C18H30N2O.ClH/c1-4-16-13-18(21-3)6-5-17(16)14-20-11-8-15(9-12-20)7-10-19-2;/h5-6,13,15,19H,4,7-12,14H2,1-3H3;1H. The molecule has 0 unspecified atom stereocenters. The second-order valence-electron chi connectivity index (χ2n) is 6.10. The number of aryl methyl sites for hydroxylation is 1. The van der Waals surface area contributed by atoms with Crippen LogP contribution in [0.3, 0.4) is 0 Å². The zero-order valence-electron chi connectivity index (χ0n) is 14.2. The fraction of sp³-hybridized carbons (Fsp3) is 0.667. The van der Waals surface area contributed by atoms with Crippen molar-refractivity contribution in [2.45, 2.75) is 39.2 Å². The van der Waals surface area contributed by atoms with Crippen LogP contribution < -0.4 is 10.1 Å². The number of nitrogens with zero attached hydrogens (tertiary/aromatic N) is 1. The Morgan fingerprint density at radius 3 is 2.55 bits per heavy atom. The molecule has 0 saturated carbocycles. The predicted octanol–water partition coefficient (Wildman–Crippen LogP) is 3.50. The molecule has 0 radical (unpaired) electrons. The summed E-state index contributed by atoms with van der Waals surface area (Å²) in [7, 11) is 3.79. The minimum absolute atomic E-state index is 0. The van der Waals surface area contributed by atoms with E-state index in [1.807, 2.05) is 7.05 Å². The first-order valence-corrected chi connectivity index (χ1v) is 8.29. The van der Waals surface area contributed by atoms with Gasteiger partial charge in [0.05, 0.1) is 7.11 Å². The Morgan fingerprint density at radius 1 is 1.23 bits per heavy atom. The Balaban J connectivity index is 0.00000242. The van der Waals surface area contributed by atoms with Crippen molar-refractivity contribution in [2.24, 2.45) is 5.92 Å². The van der Waals surface area contributed by atoms with Gasteiger partial charge in [-0.1, -0.05) is 13.0 Å². The number of hydrogen-bond donors (Lipinski definition) is 1. The van der Waals surface area contributed by atoms with Crippen molar-refractivity contribution in [1.29, 1.82) is 0 Å². The van der Waals surface area contributed by atoms with Crippen LogP contribution in [0.2, 0.25) is 0 Å². The Morgan fingerprint density at radius 2 is 1.95 bits per heavy atom. The van der Waals surface area contributed by atoms with Gasteiger partial charge in [0.2, 0.25) is 0 Å². The molecule has 1 saturated heterocycles. The number of nitrogens with one attached hydrogen (secondary N) is 1. The van der Waals surface area contributed by atoms with Crippen molar-refractivity contribution in [3.05, 3.63) is 29.3 Å². The molecule has 1 N–H and O–H groups in total. The second-order valence-corrected chi connectivity index (χ2v) is 6.10. The third-order valence-electron chi connectivity index (χ3n) is 4.70. The molecular weight excluding hydrogens is 296 g/mol. The molecule has 1 heterocycles. The summed E-state index contributed by atoms with van der Waals surface area (Å²) in [4.78, 5) is 2.61. The minimum Gasteiger partial charge on any atom is -0.497 e. The zero-order valence-corrected chi connectivity index (χ0v) is 15.0. The third kappa shape index (κ3) is 5.45. The average Bonchev–Trinajstić information content (AvgIpc) is 2.54. The highest BCUT2D eigenvalue weighted by Gasteiger charge is 2.19. The van der Waals surface area contributed by atoms with Crippen molar-refractivity contribution in [2.75, 3.05) is 33.8 Å². The van der Waals surface area contributed by atoms with Crippen LogP contribution in [0.25, 0.3) is 0 Å². The molecule has 0 spiro atoms. The van der Waals surface area contributed by atoms with Crippen molar-refractivity contribution in [3.8, 4) is 5.75 Å². The number of halogens is 1. The third-order valence-corrected chi connectivity index (χ3v) is 4.70. The van der Waals surface area contributed by atoms with Gasteiger partial charge in [0.1, 0.15) is 5.75 Å². The van der Waals surface area contributed by atoms with Gasteiger partial charge < -0.3 is 10.1 Å². The fourth-order valence-corrected chi connectivity index (χ4v) is 3.24. The maximum atomic E-state index is 5.33. The van der Waals surface area contributed by atoms with Gasteiger partial charge in [-0.2, -0.15) is 0 Å². The lowest BCUT2D eigenvalue weighted by atomic mass is 9.93. The van der Waals surface area contributed by atoms with E-state index in [-0.39, 0.29) is 12.4 Å². The number of benzene rings is 1. The Bertz CT molecular complexity index is 431. The van der Waals surface area contributed by atoms with Crippen LogP contribution in [0.5, 0.6) is 5.75 Å². The van der Waals surface area contributed by atoms with E-state index in [0.29, 0.717) is 0 Å². The highest BCUT2D eigenvalue weighted by atomic mass is 35.5. The lowest BCUT2D eigenvalue weighted by Gasteiger charge is -2.32. The van der Waals surface area contributed by atoms with E-state index < -0.39 is 0 Å². The van der Waals surface area contributed by atoms with Gasteiger partial charge in [-0.25, -0.2) is 0 Å². The van der Waals surface area contributed by atoms with E-state index in [1.54, 1.807) is 7.11 Å². The molecule has 1 aromatic carbocycles. The highest BCUT2D eigenvalue weighted by Crippen LogP contribution is 2.24.